The molecule has 2 heterocycles. The van der Waals surface area contributed by atoms with Crippen LogP contribution in [0.3, 0.4) is 0 Å². The molecule has 1 unspecified atom stereocenters. The van der Waals surface area contributed by atoms with Crippen LogP contribution in [0.1, 0.15) is 25.3 Å². The van der Waals surface area contributed by atoms with Crippen LogP contribution < -0.4 is 0 Å². The summed E-state index contributed by atoms with van der Waals surface area (Å²) in [6, 6.07) is 4.54. The zero-order valence-electron chi connectivity index (χ0n) is 12.4. The maximum absolute atomic E-state index is 5.88. The van der Waals surface area contributed by atoms with E-state index >= 15 is 0 Å². The number of methoxy groups -OCH3 is 2. The van der Waals surface area contributed by atoms with Gasteiger partial charge in [0, 0.05) is 45.1 Å². The fourth-order valence-electron chi connectivity index (χ4n) is 2.93. The van der Waals surface area contributed by atoms with Crippen LogP contribution in [-0.2, 0) is 15.1 Å². The first-order valence-electron chi connectivity index (χ1n) is 7.01. The van der Waals surface area contributed by atoms with Gasteiger partial charge in [0.25, 0.3) is 0 Å². The minimum Gasteiger partial charge on any atom is -0.383 e. The second kappa shape index (κ2) is 6.98. The van der Waals surface area contributed by atoms with Gasteiger partial charge in [0.1, 0.15) is 4.60 Å². The SMILES string of the molecule is COCC(C)N1CCC(OC)(c2ccc(Br)nc2)CC1. The third-order valence-electron chi connectivity index (χ3n) is 4.28. The second-order valence-electron chi connectivity index (χ2n) is 5.41. The van der Waals surface area contributed by atoms with E-state index in [0.29, 0.717) is 6.04 Å². The summed E-state index contributed by atoms with van der Waals surface area (Å²) in [4.78, 5) is 6.80. The molecule has 1 atom stereocenters. The molecule has 5 heteroatoms. The first-order valence-corrected chi connectivity index (χ1v) is 7.81. The molecule has 0 aromatic carbocycles. The zero-order valence-corrected chi connectivity index (χ0v) is 14.0. The first-order chi connectivity index (χ1) is 9.61. The molecule has 0 aliphatic carbocycles. The lowest BCUT2D eigenvalue weighted by molar-refractivity contribution is -0.0723. The number of aromatic nitrogens is 1. The summed E-state index contributed by atoms with van der Waals surface area (Å²) in [5.41, 5.74) is 0.971. The molecule has 2 rings (SSSR count). The number of piperidine rings is 1. The molecule has 0 spiro atoms. The smallest absolute Gasteiger partial charge is 0.106 e. The molecule has 0 radical (unpaired) electrons. The monoisotopic (exact) mass is 342 g/mol. The van der Waals surface area contributed by atoms with Crippen LogP contribution in [0.5, 0.6) is 0 Å². The lowest BCUT2D eigenvalue weighted by atomic mass is 9.84. The van der Waals surface area contributed by atoms with Crippen molar-refractivity contribution in [3.05, 3.63) is 28.5 Å². The molecule has 1 fully saturated rings. The van der Waals surface area contributed by atoms with E-state index in [9.17, 15) is 0 Å². The third kappa shape index (κ3) is 3.39. The molecule has 1 aromatic heterocycles. The Hall–Kier alpha value is -0.490. The fourth-order valence-corrected chi connectivity index (χ4v) is 3.16. The maximum atomic E-state index is 5.88. The summed E-state index contributed by atoms with van der Waals surface area (Å²) < 4.78 is 12.0. The van der Waals surface area contributed by atoms with Crippen molar-refractivity contribution in [2.45, 2.75) is 31.4 Å². The van der Waals surface area contributed by atoms with Crippen LogP contribution in [0.4, 0.5) is 0 Å². The topological polar surface area (TPSA) is 34.6 Å². The number of likely N-dealkylation sites (tertiary alicyclic amines) is 1. The van der Waals surface area contributed by atoms with Gasteiger partial charge in [-0.25, -0.2) is 4.98 Å². The van der Waals surface area contributed by atoms with Crippen LogP contribution in [0.15, 0.2) is 22.9 Å². The molecular weight excluding hydrogens is 320 g/mol. The maximum Gasteiger partial charge on any atom is 0.106 e. The fraction of sp³-hybridized carbons (Fsp3) is 0.667. The van der Waals surface area contributed by atoms with Gasteiger partial charge in [-0.15, -0.1) is 0 Å². The molecule has 112 valence electrons. The molecule has 0 N–H and O–H groups in total. The highest BCUT2D eigenvalue weighted by atomic mass is 79.9. The second-order valence-corrected chi connectivity index (χ2v) is 6.22. The molecule has 0 saturated carbocycles. The standard InChI is InChI=1S/C15H23BrN2O2/c1-12(11-19-2)18-8-6-15(20-3,7-9-18)13-4-5-14(16)17-10-13/h4-5,10,12H,6-9,11H2,1-3H3. The van der Waals surface area contributed by atoms with Crippen molar-refractivity contribution in [1.82, 2.24) is 9.88 Å². The van der Waals surface area contributed by atoms with Crippen molar-refractivity contribution in [1.29, 1.82) is 0 Å². The molecule has 1 aliphatic rings. The van der Waals surface area contributed by atoms with Crippen LogP contribution in [-0.4, -0.2) is 49.8 Å². The predicted octanol–water partition coefficient (Wildman–Crippen LogP) is 2.82. The highest BCUT2D eigenvalue weighted by Crippen LogP contribution is 2.36. The number of rotatable bonds is 5. The Balaban J connectivity index is 2.06. The average molecular weight is 343 g/mol. The molecule has 20 heavy (non-hydrogen) atoms. The lowest BCUT2D eigenvalue weighted by Crippen LogP contribution is -2.48. The summed E-state index contributed by atoms with van der Waals surface area (Å²) in [6.07, 6.45) is 3.89. The van der Waals surface area contributed by atoms with Gasteiger partial charge in [-0.05, 0) is 41.8 Å². The van der Waals surface area contributed by atoms with E-state index in [4.69, 9.17) is 9.47 Å². The number of nitrogens with zero attached hydrogens (tertiary/aromatic N) is 2. The van der Waals surface area contributed by atoms with Gasteiger partial charge in [-0.3, -0.25) is 4.90 Å². The predicted molar refractivity (Wildman–Crippen MR) is 82.8 cm³/mol. The molecule has 1 aliphatic heterocycles. The molecule has 1 aromatic rings. The minimum atomic E-state index is -0.197. The molecule has 0 bridgehead atoms. The number of ether oxygens (including phenoxy) is 2. The van der Waals surface area contributed by atoms with Gasteiger partial charge >= 0.3 is 0 Å². The summed E-state index contributed by atoms with van der Waals surface area (Å²) in [5.74, 6) is 0. The first kappa shape index (κ1) is 15.9. The van der Waals surface area contributed by atoms with Crippen molar-refractivity contribution in [2.75, 3.05) is 33.9 Å². The number of hydrogen-bond donors (Lipinski definition) is 0. The lowest BCUT2D eigenvalue weighted by Gasteiger charge is -2.43. The summed E-state index contributed by atoms with van der Waals surface area (Å²) >= 11 is 3.38. The Bertz CT molecular complexity index is 416. The zero-order chi connectivity index (χ0) is 14.6. The number of halogens is 1. The number of hydrogen-bond acceptors (Lipinski definition) is 4. The van der Waals surface area contributed by atoms with Crippen molar-refractivity contribution < 1.29 is 9.47 Å². The average Bonchev–Trinajstić information content (AvgIpc) is 2.48. The van der Waals surface area contributed by atoms with E-state index < -0.39 is 0 Å². The number of pyridine rings is 1. The molecule has 0 amide bonds. The minimum absolute atomic E-state index is 0.197. The van der Waals surface area contributed by atoms with E-state index in [1.165, 1.54) is 5.56 Å². The summed E-state index contributed by atoms with van der Waals surface area (Å²) in [7, 11) is 3.56. The Labute approximate surface area is 129 Å². The van der Waals surface area contributed by atoms with Gasteiger partial charge in [0.2, 0.25) is 0 Å². The largest absolute Gasteiger partial charge is 0.383 e. The van der Waals surface area contributed by atoms with Crippen molar-refractivity contribution in [3.8, 4) is 0 Å². The molecular formula is C15H23BrN2O2. The third-order valence-corrected chi connectivity index (χ3v) is 4.75. The summed E-state index contributed by atoms with van der Waals surface area (Å²) in [5, 5.41) is 0. The Morgan fingerprint density at radius 2 is 2.05 bits per heavy atom. The van der Waals surface area contributed by atoms with Crippen LogP contribution in [0.2, 0.25) is 0 Å². The highest BCUT2D eigenvalue weighted by molar-refractivity contribution is 9.10. The van der Waals surface area contributed by atoms with Crippen molar-refractivity contribution >= 4 is 15.9 Å². The normalized spacial score (nSPS) is 20.8. The molecule has 4 nitrogen and oxygen atoms in total. The van der Waals surface area contributed by atoms with E-state index in [0.717, 1.165) is 37.1 Å². The highest BCUT2D eigenvalue weighted by Gasteiger charge is 2.37. The van der Waals surface area contributed by atoms with E-state index in [-0.39, 0.29) is 5.60 Å². The quantitative estimate of drug-likeness (QED) is 0.770. The van der Waals surface area contributed by atoms with Gasteiger partial charge in [0.05, 0.1) is 12.2 Å². The van der Waals surface area contributed by atoms with Gasteiger partial charge in [0.15, 0.2) is 0 Å². The van der Waals surface area contributed by atoms with E-state index in [1.807, 2.05) is 12.3 Å². The van der Waals surface area contributed by atoms with Crippen molar-refractivity contribution in [3.63, 3.8) is 0 Å². The van der Waals surface area contributed by atoms with Gasteiger partial charge in [-0.2, -0.15) is 0 Å². The Morgan fingerprint density at radius 1 is 1.35 bits per heavy atom. The van der Waals surface area contributed by atoms with Crippen LogP contribution in [0.25, 0.3) is 0 Å². The summed E-state index contributed by atoms with van der Waals surface area (Å²) in [6.45, 7) is 5.03. The van der Waals surface area contributed by atoms with Gasteiger partial charge < -0.3 is 9.47 Å². The van der Waals surface area contributed by atoms with Crippen LogP contribution >= 0.6 is 15.9 Å². The van der Waals surface area contributed by atoms with E-state index in [1.54, 1.807) is 14.2 Å². The van der Waals surface area contributed by atoms with E-state index in [2.05, 4.69) is 38.8 Å². The molecule has 1 saturated heterocycles. The Kier molecular flexibility index (Phi) is 5.55. The van der Waals surface area contributed by atoms with Crippen molar-refractivity contribution in [2.24, 2.45) is 0 Å². The Morgan fingerprint density at radius 3 is 2.55 bits per heavy atom. The van der Waals surface area contributed by atoms with Gasteiger partial charge in [-0.1, -0.05) is 6.07 Å². The van der Waals surface area contributed by atoms with Crippen LogP contribution in [0, 0.1) is 0 Å².